The fraction of sp³-hybridized carbons (Fsp3) is 0.833. The van der Waals surface area contributed by atoms with Crippen LogP contribution in [-0.2, 0) is 0 Å². The molecule has 0 N–H and O–H groups in total. The molecule has 0 rings (SSSR count). The quantitative estimate of drug-likeness (QED) is 0.495. The van der Waals surface area contributed by atoms with Crippen molar-refractivity contribution in [2.75, 3.05) is 5.33 Å². The van der Waals surface area contributed by atoms with E-state index in [0.29, 0.717) is 10.8 Å². The van der Waals surface area contributed by atoms with Crippen molar-refractivity contribution in [1.82, 2.24) is 0 Å². The first-order chi connectivity index (χ1) is 5.77. The molecule has 0 amide bonds. The summed E-state index contributed by atoms with van der Waals surface area (Å²) in [4.78, 5) is 0. The molecule has 0 aliphatic rings. The predicted octanol–water partition coefficient (Wildman–Crippen LogP) is 4.79. The van der Waals surface area contributed by atoms with Gasteiger partial charge in [0.05, 0.1) is 0 Å². The van der Waals surface area contributed by atoms with Gasteiger partial charge in [-0.25, -0.2) is 0 Å². The van der Waals surface area contributed by atoms with E-state index in [0.717, 1.165) is 5.33 Å². The molecule has 0 aliphatic carbocycles. The monoisotopic (exact) mass is 246 g/mol. The maximum absolute atomic E-state index is 3.39. The van der Waals surface area contributed by atoms with Crippen LogP contribution in [0.3, 0.4) is 0 Å². The van der Waals surface area contributed by atoms with Gasteiger partial charge in [0.15, 0.2) is 0 Å². The first kappa shape index (κ1) is 13.2. The Morgan fingerprint density at radius 3 is 1.92 bits per heavy atom. The topological polar surface area (TPSA) is 0 Å². The number of alkyl halides is 1. The second-order valence-electron chi connectivity index (χ2n) is 5.73. The normalized spacial score (nSPS) is 14.0. The van der Waals surface area contributed by atoms with E-state index in [9.17, 15) is 0 Å². The van der Waals surface area contributed by atoms with Crippen LogP contribution in [0.25, 0.3) is 0 Å². The SMILES string of the molecule is CC(C)(C)CC(C)(C)CC=CCBr. The smallest absolute Gasteiger partial charge is 0.0212 e. The molecule has 0 bridgehead atoms. The highest BCUT2D eigenvalue weighted by atomic mass is 79.9. The van der Waals surface area contributed by atoms with Crippen molar-refractivity contribution < 1.29 is 0 Å². The van der Waals surface area contributed by atoms with Crippen molar-refractivity contribution in [2.24, 2.45) is 10.8 Å². The van der Waals surface area contributed by atoms with Crippen LogP contribution in [0.2, 0.25) is 0 Å². The highest BCUT2D eigenvalue weighted by molar-refractivity contribution is 9.09. The van der Waals surface area contributed by atoms with Crippen LogP contribution in [0.15, 0.2) is 12.2 Å². The van der Waals surface area contributed by atoms with Crippen molar-refractivity contribution in [3.63, 3.8) is 0 Å². The van der Waals surface area contributed by atoms with E-state index in [1.807, 2.05) is 0 Å². The van der Waals surface area contributed by atoms with Gasteiger partial charge in [-0.15, -0.1) is 0 Å². The molecule has 0 fully saturated rings. The summed E-state index contributed by atoms with van der Waals surface area (Å²) < 4.78 is 0. The number of hydrogen-bond donors (Lipinski definition) is 0. The van der Waals surface area contributed by atoms with Crippen LogP contribution >= 0.6 is 15.9 Å². The van der Waals surface area contributed by atoms with Gasteiger partial charge in [-0.2, -0.15) is 0 Å². The summed E-state index contributed by atoms with van der Waals surface area (Å²) in [7, 11) is 0. The van der Waals surface area contributed by atoms with Crippen molar-refractivity contribution in [1.29, 1.82) is 0 Å². The number of hydrogen-bond acceptors (Lipinski definition) is 0. The van der Waals surface area contributed by atoms with Gasteiger partial charge >= 0.3 is 0 Å². The minimum Gasteiger partial charge on any atom is -0.0883 e. The zero-order chi connectivity index (χ0) is 10.5. The van der Waals surface area contributed by atoms with Gasteiger partial charge in [0, 0.05) is 5.33 Å². The lowest BCUT2D eigenvalue weighted by atomic mass is 9.74. The fourth-order valence-electron chi connectivity index (χ4n) is 1.97. The Morgan fingerprint density at radius 1 is 1.00 bits per heavy atom. The first-order valence-electron chi connectivity index (χ1n) is 4.98. The van der Waals surface area contributed by atoms with Crippen molar-refractivity contribution in [2.45, 2.75) is 47.5 Å². The number of rotatable bonds is 4. The Hall–Kier alpha value is 0.220. The van der Waals surface area contributed by atoms with Crippen molar-refractivity contribution >= 4 is 15.9 Å². The minimum atomic E-state index is 0.428. The molecule has 0 nitrogen and oxygen atoms in total. The molecule has 0 unspecified atom stereocenters. The lowest BCUT2D eigenvalue weighted by molar-refractivity contribution is 0.215. The predicted molar refractivity (Wildman–Crippen MR) is 65.4 cm³/mol. The molecule has 0 atom stereocenters. The summed E-state index contributed by atoms with van der Waals surface area (Å²) >= 11 is 3.39. The highest BCUT2D eigenvalue weighted by Gasteiger charge is 2.23. The zero-order valence-electron chi connectivity index (χ0n) is 9.65. The Balaban J connectivity index is 4.01. The van der Waals surface area contributed by atoms with E-state index in [-0.39, 0.29) is 0 Å². The van der Waals surface area contributed by atoms with Crippen LogP contribution in [0, 0.1) is 10.8 Å². The van der Waals surface area contributed by atoms with Crippen molar-refractivity contribution in [3.8, 4) is 0 Å². The second kappa shape index (κ2) is 5.19. The van der Waals surface area contributed by atoms with Gasteiger partial charge < -0.3 is 0 Å². The third-order valence-corrected chi connectivity index (χ3v) is 2.31. The summed E-state index contributed by atoms with van der Waals surface area (Å²) in [6, 6.07) is 0. The molecule has 0 aromatic rings. The van der Waals surface area contributed by atoms with Gasteiger partial charge in [-0.1, -0.05) is 62.7 Å². The standard InChI is InChI=1S/C12H23Br/c1-11(2,3)10-12(4,5)8-6-7-9-13/h6-7H,8-10H2,1-5H3. The van der Waals surface area contributed by atoms with Crippen LogP contribution in [-0.4, -0.2) is 5.33 Å². The van der Waals surface area contributed by atoms with Crippen LogP contribution in [0.4, 0.5) is 0 Å². The lowest BCUT2D eigenvalue weighted by Crippen LogP contribution is -2.19. The third kappa shape index (κ3) is 8.55. The van der Waals surface area contributed by atoms with E-state index in [4.69, 9.17) is 0 Å². The third-order valence-electron chi connectivity index (χ3n) is 1.94. The Morgan fingerprint density at radius 2 is 1.54 bits per heavy atom. The molecule has 0 heterocycles. The zero-order valence-corrected chi connectivity index (χ0v) is 11.2. The molecule has 0 radical (unpaired) electrons. The van der Waals surface area contributed by atoms with E-state index < -0.39 is 0 Å². The highest BCUT2D eigenvalue weighted by Crippen LogP contribution is 2.35. The van der Waals surface area contributed by atoms with Gasteiger partial charge in [0.2, 0.25) is 0 Å². The molecule has 0 aromatic heterocycles. The fourth-order valence-corrected chi connectivity index (χ4v) is 2.24. The van der Waals surface area contributed by atoms with Crippen LogP contribution < -0.4 is 0 Å². The molecule has 13 heavy (non-hydrogen) atoms. The lowest BCUT2D eigenvalue weighted by Gasteiger charge is -2.31. The average Bonchev–Trinajstić information content (AvgIpc) is 1.81. The van der Waals surface area contributed by atoms with Gasteiger partial charge in [0.25, 0.3) is 0 Å². The minimum absolute atomic E-state index is 0.428. The Bertz CT molecular complexity index is 160. The van der Waals surface area contributed by atoms with Crippen LogP contribution in [0.1, 0.15) is 47.5 Å². The number of halogens is 1. The maximum atomic E-state index is 3.39. The van der Waals surface area contributed by atoms with E-state index in [1.165, 1.54) is 12.8 Å². The summed E-state index contributed by atoms with van der Waals surface area (Å²) in [5, 5.41) is 0.971. The summed E-state index contributed by atoms with van der Waals surface area (Å²) in [6.07, 6.45) is 6.91. The number of allylic oxidation sites excluding steroid dienone is 2. The van der Waals surface area contributed by atoms with E-state index >= 15 is 0 Å². The second-order valence-corrected chi connectivity index (χ2v) is 6.38. The summed E-state index contributed by atoms with van der Waals surface area (Å²) in [5.41, 5.74) is 0.864. The molecular formula is C12H23Br. The Labute approximate surface area is 91.9 Å². The van der Waals surface area contributed by atoms with Gasteiger partial charge in [-0.05, 0) is 23.7 Å². The van der Waals surface area contributed by atoms with Gasteiger partial charge in [-0.3, -0.25) is 0 Å². The average molecular weight is 247 g/mol. The maximum Gasteiger partial charge on any atom is 0.0212 e. The Kier molecular flexibility index (Phi) is 5.28. The van der Waals surface area contributed by atoms with E-state index in [1.54, 1.807) is 0 Å². The van der Waals surface area contributed by atoms with Crippen molar-refractivity contribution in [3.05, 3.63) is 12.2 Å². The van der Waals surface area contributed by atoms with Crippen LogP contribution in [0.5, 0.6) is 0 Å². The molecule has 0 aromatic carbocycles. The molecule has 78 valence electrons. The molecule has 0 spiro atoms. The summed E-state index contributed by atoms with van der Waals surface area (Å²) in [5.74, 6) is 0. The van der Waals surface area contributed by atoms with Gasteiger partial charge in [0.1, 0.15) is 0 Å². The molecule has 0 saturated heterocycles. The molecular weight excluding hydrogens is 224 g/mol. The first-order valence-corrected chi connectivity index (χ1v) is 6.10. The molecule has 0 saturated carbocycles. The van der Waals surface area contributed by atoms with E-state index in [2.05, 4.69) is 62.7 Å². The summed E-state index contributed by atoms with van der Waals surface area (Å²) in [6.45, 7) is 11.6. The molecule has 1 heteroatoms. The molecule has 0 aliphatic heterocycles. The largest absolute Gasteiger partial charge is 0.0883 e.